The molecule has 1 atom stereocenters. The lowest BCUT2D eigenvalue weighted by molar-refractivity contribution is -0.122. The van der Waals surface area contributed by atoms with Crippen molar-refractivity contribution in [2.75, 3.05) is 26.5 Å². The highest BCUT2D eigenvalue weighted by molar-refractivity contribution is 7.88. The van der Waals surface area contributed by atoms with Gasteiger partial charge >= 0.3 is 0 Å². The topological polar surface area (TPSA) is 129 Å². The van der Waals surface area contributed by atoms with E-state index < -0.39 is 10.0 Å². The smallest absolute Gasteiger partial charge is 0.290 e. The second-order valence-corrected chi connectivity index (χ2v) is 10.0. The molecule has 2 aliphatic rings. The number of hydrogen-bond donors (Lipinski definition) is 3. The zero-order valence-corrected chi connectivity index (χ0v) is 18.6. The van der Waals surface area contributed by atoms with Gasteiger partial charge in [-0.05, 0) is 55.4 Å². The van der Waals surface area contributed by atoms with E-state index in [9.17, 15) is 13.2 Å². The number of hydrogen-bond acceptors (Lipinski definition) is 5. The molecule has 0 bridgehead atoms. The molecular weight excluding hydrogens is 422 g/mol. The maximum atomic E-state index is 13.0. The number of aromatic amines is 1. The van der Waals surface area contributed by atoms with Crippen molar-refractivity contribution < 1.29 is 27.9 Å². The minimum Gasteiger partial charge on any atom is -0.497 e. The molecule has 31 heavy (non-hydrogen) atoms. The summed E-state index contributed by atoms with van der Waals surface area (Å²) >= 11 is 0. The number of methoxy groups -OCH3 is 1. The number of carbonyl (C=O) groups excluding carboxylic acids is 1. The van der Waals surface area contributed by atoms with Crippen LogP contribution in [0.4, 0.5) is 0 Å². The Labute approximate surface area is 181 Å². The molecule has 4 rings (SSSR count). The van der Waals surface area contributed by atoms with Crippen LogP contribution in [0.3, 0.4) is 0 Å². The highest BCUT2D eigenvalue weighted by Gasteiger charge is 2.46. The normalized spacial score (nSPS) is 20.3. The summed E-state index contributed by atoms with van der Waals surface area (Å²) in [6.07, 6.45) is 5.83. The third-order valence-corrected chi connectivity index (χ3v) is 7.08. The Kier molecular flexibility index (Phi) is 6.90. The number of fused-ring (bicyclic) bond motifs is 1. The van der Waals surface area contributed by atoms with Crippen LogP contribution in [-0.4, -0.2) is 68.3 Å². The van der Waals surface area contributed by atoms with Crippen molar-refractivity contribution in [3.8, 4) is 5.75 Å². The zero-order valence-electron chi connectivity index (χ0n) is 17.8. The number of likely N-dealkylation sites (tertiary alicyclic amines) is 1. The second kappa shape index (κ2) is 9.27. The van der Waals surface area contributed by atoms with Crippen LogP contribution in [0.15, 0.2) is 24.3 Å². The number of H-pyrrole nitrogens is 1. The molecule has 170 valence electrons. The molecular formula is C21H29N3O6S. The Morgan fingerprint density at radius 2 is 1.97 bits per heavy atom. The van der Waals surface area contributed by atoms with Gasteiger partial charge in [0.05, 0.1) is 13.4 Å². The van der Waals surface area contributed by atoms with Crippen LogP contribution in [0.2, 0.25) is 0 Å². The van der Waals surface area contributed by atoms with Gasteiger partial charge in [0, 0.05) is 30.0 Å². The molecule has 2 fully saturated rings. The molecule has 0 radical (unpaired) electrons. The molecule has 1 saturated carbocycles. The van der Waals surface area contributed by atoms with Gasteiger partial charge in [0.2, 0.25) is 10.0 Å². The average Bonchev–Trinajstić information content (AvgIpc) is 3.31. The quantitative estimate of drug-likeness (QED) is 0.611. The van der Waals surface area contributed by atoms with Crippen LogP contribution < -0.4 is 9.46 Å². The third-order valence-electron chi connectivity index (χ3n) is 6.37. The highest BCUT2D eigenvalue weighted by Crippen LogP contribution is 2.46. The number of piperidine rings is 1. The zero-order chi connectivity index (χ0) is 22.6. The number of carboxylic acid groups (broad SMARTS) is 1. The van der Waals surface area contributed by atoms with Gasteiger partial charge < -0.3 is 19.7 Å². The van der Waals surface area contributed by atoms with Crippen molar-refractivity contribution in [1.29, 1.82) is 0 Å². The van der Waals surface area contributed by atoms with E-state index in [1.54, 1.807) is 7.11 Å². The summed E-state index contributed by atoms with van der Waals surface area (Å²) in [5, 5.41) is 7.84. The molecule has 2 heterocycles. The van der Waals surface area contributed by atoms with E-state index >= 15 is 0 Å². The molecule has 10 heteroatoms. The lowest BCUT2D eigenvalue weighted by atomic mass is 9.74. The number of nitrogens with one attached hydrogen (secondary N) is 2. The maximum Gasteiger partial charge on any atom is 0.290 e. The Morgan fingerprint density at radius 1 is 1.29 bits per heavy atom. The van der Waals surface area contributed by atoms with E-state index in [0.717, 1.165) is 48.8 Å². The fourth-order valence-corrected chi connectivity index (χ4v) is 5.74. The van der Waals surface area contributed by atoms with Gasteiger partial charge in [-0.1, -0.05) is 6.42 Å². The monoisotopic (exact) mass is 451 g/mol. The number of ether oxygens (including phenoxy) is 1. The largest absolute Gasteiger partial charge is 0.497 e. The Bertz CT molecular complexity index is 1040. The van der Waals surface area contributed by atoms with Crippen LogP contribution in [0.1, 0.15) is 42.6 Å². The van der Waals surface area contributed by atoms with Crippen molar-refractivity contribution in [2.45, 2.75) is 38.1 Å². The number of carbonyl (C=O) groups is 2. The number of amides is 1. The lowest BCUT2D eigenvalue weighted by Crippen LogP contribution is -2.51. The molecule has 3 N–H and O–H groups in total. The maximum absolute atomic E-state index is 13.0. The fourth-order valence-electron chi connectivity index (χ4n) is 4.86. The fraction of sp³-hybridized carbons (Fsp3) is 0.524. The van der Waals surface area contributed by atoms with Crippen molar-refractivity contribution in [1.82, 2.24) is 14.6 Å². The summed E-state index contributed by atoms with van der Waals surface area (Å²) in [5.74, 6) is 0.756. The summed E-state index contributed by atoms with van der Waals surface area (Å²) < 4.78 is 31.5. The Morgan fingerprint density at radius 3 is 2.58 bits per heavy atom. The van der Waals surface area contributed by atoms with Gasteiger partial charge in [0.25, 0.3) is 12.4 Å². The first-order chi connectivity index (χ1) is 14.7. The van der Waals surface area contributed by atoms with E-state index in [-0.39, 0.29) is 23.8 Å². The van der Waals surface area contributed by atoms with E-state index in [1.165, 1.54) is 6.26 Å². The minimum absolute atomic E-state index is 0.00404. The van der Waals surface area contributed by atoms with Crippen molar-refractivity contribution in [2.24, 2.45) is 5.41 Å². The van der Waals surface area contributed by atoms with Gasteiger partial charge in [-0.25, -0.2) is 13.1 Å². The third kappa shape index (κ3) is 5.19. The minimum atomic E-state index is -3.22. The van der Waals surface area contributed by atoms with Crippen LogP contribution in [0.5, 0.6) is 5.75 Å². The van der Waals surface area contributed by atoms with Gasteiger partial charge in [-0.3, -0.25) is 9.59 Å². The molecule has 2 aromatic rings. The van der Waals surface area contributed by atoms with E-state index in [4.69, 9.17) is 14.6 Å². The first kappa shape index (κ1) is 23.1. The predicted molar refractivity (Wildman–Crippen MR) is 117 cm³/mol. The Balaban J connectivity index is 0.000000858. The second-order valence-electron chi connectivity index (χ2n) is 8.23. The van der Waals surface area contributed by atoms with E-state index in [1.807, 2.05) is 29.2 Å². The van der Waals surface area contributed by atoms with Gasteiger partial charge in [0.1, 0.15) is 11.4 Å². The Hall–Kier alpha value is -2.59. The summed E-state index contributed by atoms with van der Waals surface area (Å²) in [6, 6.07) is 7.55. The van der Waals surface area contributed by atoms with Crippen LogP contribution in [0.25, 0.3) is 10.9 Å². The number of sulfonamides is 1. The predicted octanol–water partition coefficient (Wildman–Crippen LogP) is 2.20. The van der Waals surface area contributed by atoms with E-state index in [0.29, 0.717) is 18.8 Å². The molecule has 1 aliphatic carbocycles. The summed E-state index contributed by atoms with van der Waals surface area (Å²) in [5.41, 5.74) is 1.47. The first-order valence-electron chi connectivity index (χ1n) is 10.2. The van der Waals surface area contributed by atoms with Crippen molar-refractivity contribution >= 4 is 33.3 Å². The van der Waals surface area contributed by atoms with E-state index in [2.05, 4.69) is 9.71 Å². The molecule has 1 amide bonds. The molecule has 1 unspecified atom stereocenters. The highest BCUT2D eigenvalue weighted by atomic mass is 32.2. The average molecular weight is 452 g/mol. The molecule has 1 aromatic heterocycles. The molecule has 1 saturated heterocycles. The molecule has 1 aromatic carbocycles. The van der Waals surface area contributed by atoms with Gasteiger partial charge in [-0.15, -0.1) is 0 Å². The van der Waals surface area contributed by atoms with Crippen LogP contribution in [-0.2, 0) is 14.8 Å². The van der Waals surface area contributed by atoms with Crippen molar-refractivity contribution in [3.63, 3.8) is 0 Å². The van der Waals surface area contributed by atoms with Crippen LogP contribution in [0, 0.1) is 5.41 Å². The van der Waals surface area contributed by atoms with Crippen LogP contribution >= 0.6 is 0 Å². The number of aromatic nitrogens is 1. The summed E-state index contributed by atoms with van der Waals surface area (Å²) in [4.78, 5) is 26.4. The van der Waals surface area contributed by atoms with Crippen molar-refractivity contribution in [3.05, 3.63) is 30.0 Å². The standard InChI is InChI=1S/C20H27N3O4S.CH2O2/c1-27-15-5-6-16-14(12-15)13-17(21-16)19(24)23-10-8-20(9-11-23)7-3-4-18(20)22-28(2,25)26;2-1-3/h5-6,12-13,18,21-22H,3-4,7-11H2,1-2H3;1H,(H,2,3). The number of rotatable bonds is 4. The molecule has 1 spiro atoms. The SMILES string of the molecule is COc1ccc2[nH]c(C(=O)N3CCC4(CCCC4NS(C)(=O)=O)CC3)cc2c1.O=CO. The summed E-state index contributed by atoms with van der Waals surface area (Å²) in [7, 11) is -1.60. The molecule has 9 nitrogen and oxygen atoms in total. The molecule has 1 aliphatic heterocycles. The van der Waals surface area contributed by atoms with Gasteiger partial charge in [-0.2, -0.15) is 0 Å². The summed E-state index contributed by atoms with van der Waals surface area (Å²) in [6.45, 7) is 1.05. The lowest BCUT2D eigenvalue weighted by Gasteiger charge is -2.43. The van der Waals surface area contributed by atoms with Gasteiger partial charge in [0.15, 0.2) is 0 Å². The number of benzene rings is 1. The first-order valence-corrected chi connectivity index (χ1v) is 12.1. The number of nitrogens with zero attached hydrogens (tertiary/aromatic N) is 1.